The highest BCUT2D eigenvalue weighted by molar-refractivity contribution is 7.10. The molecule has 1 aliphatic carbocycles. The zero-order valence-corrected chi connectivity index (χ0v) is 16.4. The van der Waals surface area contributed by atoms with Crippen LogP contribution in [0.25, 0.3) is 0 Å². The summed E-state index contributed by atoms with van der Waals surface area (Å²) >= 11 is 7.60. The van der Waals surface area contributed by atoms with E-state index in [1.807, 2.05) is 35.4 Å². The van der Waals surface area contributed by atoms with Gasteiger partial charge in [-0.25, -0.2) is 0 Å². The number of ketones is 1. The van der Waals surface area contributed by atoms with Gasteiger partial charge in [0.2, 0.25) is 0 Å². The second kappa shape index (κ2) is 6.88. The van der Waals surface area contributed by atoms with Crippen molar-refractivity contribution in [1.29, 1.82) is 5.26 Å². The molecule has 27 heavy (non-hydrogen) atoms. The predicted molar refractivity (Wildman–Crippen MR) is 108 cm³/mol. The van der Waals surface area contributed by atoms with Gasteiger partial charge in [0.1, 0.15) is 5.82 Å². The molecule has 0 saturated carbocycles. The molecular formula is C21H18ClN3OS. The minimum absolute atomic E-state index is 0.105. The van der Waals surface area contributed by atoms with Gasteiger partial charge in [-0.15, -0.1) is 11.3 Å². The Balaban J connectivity index is 1.97. The number of allylic oxidation sites excluding steroid dienone is 3. The smallest absolute Gasteiger partial charge is 0.161 e. The maximum absolute atomic E-state index is 13.0. The number of hydrogen-bond donors (Lipinski definition) is 1. The topological polar surface area (TPSA) is 70.1 Å². The first-order valence-electron chi connectivity index (χ1n) is 8.78. The van der Waals surface area contributed by atoms with Gasteiger partial charge in [0, 0.05) is 33.3 Å². The van der Waals surface area contributed by atoms with E-state index in [1.165, 1.54) is 0 Å². The van der Waals surface area contributed by atoms with Gasteiger partial charge >= 0.3 is 0 Å². The number of hydrogen-bond acceptors (Lipinski definition) is 5. The van der Waals surface area contributed by atoms with Gasteiger partial charge in [0.15, 0.2) is 5.78 Å². The fourth-order valence-corrected chi connectivity index (χ4v) is 5.08. The maximum atomic E-state index is 13.0. The third-order valence-electron chi connectivity index (χ3n) is 5.16. The molecule has 4 rings (SSSR count). The Labute approximate surface area is 167 Å². The van der Waals surface area contributed by atoms with Crippen LogP contribution in [-0.2, 0) is 4.79 Å². The molecule has 2 aliphatic rings. The summed E-state index contributed by atoms with van der Waals surface area (Å²) in [5.41, 5.74) is 10.5. The van der Waals surface area contributed by atoms with Gasteiger partial charge in [-0.1, -0.05) is 11.6 Å². The summed E-state index contributed by atoms with van der Waals surface area (Å²) in [6.45, 7) is 2.01. The van der Waals surface area contributed by atoms with Crippen LogP contribution in [0.5, 0.6) is 0 Å². The molecule has 1 aromatic carbocycles. The van der Waals surface area contributed by atoms with Crippen molar-refractivity contribution in [3.63, 3.8) is 0 Å². The molecule has 1 aliphatic heterocycles. The summed E-state index contributed by atoms with van der Waals surface area (Å²) in [4.78, 5) is 15.9. The molecule has 6 heteroatoms. The highest BCUT2D eigenvalue weighted by Gasteiger charge is 2.41. The highest BCUT2D eigenvalue weighted by atomic mass is 35.5. The molecule has 2 aromatic rings. The number of nitrogens with zero attached hydrogens (tertiary/aromatic N) is 2. The summed E-state index contributed by atoms with van der Waals surface area (Å²) in [7, 11) is 0. The van der Waals surface area contributed by atoms with Crippen LogP contribution in [-0.4, -0.2) is 5.78 Å². The standard InChI is InChI=1S/C21H18ClN3OS/c1-12-9-10-27-20(12)18-15(11-23)21(24)25(14-7-5-13(22)6-8-14)16-3-2-4-17(26)19(16)18/h5-10,18H,2-4,24H2,1H3. The molecule has 136 valence electrons. The number of carbonyl (C=O) groups is 1. The van der Waals surface area contributed by atoms with Crippen molar-refractivity contribution in [2.75, 3.05) is 4.90 Å². The summed E-state index contributed by atoms with van der Waals surface area (Å²) in [6.07, 6.45) is 2.05. The quantitative estimate of drug-likeness (QED) is 0.775. The molecule has 0 spiro atoms. The lowest BCUT2D eigenvalue weighted by atomic mass is 9.77. The third-order valence-corrected chi connectivity index (χ3v) is 6.50. The molecule has 2 N–H and O–H groups in total. The SMILES string of the molecule is Cc1ccsc1C1C(C#N)=C(N)N(c2ccc(Cl)cc2)C2=C1C(=O)CCC2. The Hall–Kier alpha value is -2.55. The van der Waals surface area contributed by atoms with E-state index in [9.17, 15) is 10.1 Å². The first-order chi connectivity index (χ1) is 13.0. The van der Waals surface area contributed by atoms with Crippen molar-refractivity contribution in [3.05, 3.63) is 73.8 Å². The number of aryl methyl sites for hydroxylation is 1. The first kappa shape index (κ1) is 17.8. The number of nitriles is 1. The van der Waals surface area contributed by atoms with Crippen molar-refractivity contribution >= 4 is 34.4 Å². The number of benzene rings is 1. The monoisotopic (exact) mass is 395 g/mol. The van der Waals surface area contributed by atoms with Crippen molar-refractivity contribution in [3.8, 4) is 6.07 Å². The van der Waals surface area contributed by atoms with E-state index >= 15 is 0 Å². The summed E-state index contributed by atoms with van der Waals surface area (Å²) in [6, 6.07) is 11.6. The molecule has 0 radical (unpaired) electrons. The van der Waals surface area contributed by atoms with Crippen LogP contribution in [0.15, 0.2) is 58.4 Å². The van der Waals surface area contributed by atoms with Crippen LogP contribution < -0.4 is 10.6 Å². The van der Waals surface area contributed by atoms with E-state index in [1.54, 1.807) is 23.5 Å². The van der Waals surface area contributed by atoms with Crippen molar-refractivity contribution < 1.29 is 4.79 Å². The van der Waals surface area contributed by atoms with Crippen molar-refractivity contribution in [2.24, 2.45) is 5.73 Å². The minimum Gasteiger partial charge on any atom is -0.384 e. The Morgan fingerprint density at radius 1 is 1.26 bits per heavy atom. The zero-order valence-electron chi connectivity index (χ0n) is 14.8. The van der Waals surface area contributed by atoms with Crippen molar-refractivity contribution in [1.82, 2.24) is 0 Å². The molecule has 0 bridgehead atoms. The Morgan fingerprint density at radius 3 is 2.63 bits per heavy atom. The lowest BCUT2D eigenvalue weighted by Crippen LogP contribution is -2.38. The molecule has 4 nitrogen and oxygen atoms in total. The molecule has 0 fully saturated rings. The van der Waals surface area contributed by atoms with Crippen LogP contribution in [0.2, 0.25) is 5.02 Å². The Bertz CT molecular complexity index is 1030. The minimum atomic E-state index is -0.374. The average molecular weight is 396 g/mol. The van der Waals surface area contributed by atoms with E-state index in [-0.39, 0.29) is 11.7 Å². The van der Waals surface area contributed by atoms with E-state index in [4.69, 9.17) is 17.3 Å². The van der Waals surface area contributed by atoms with E-state index < -0.39 is 0 Å². The number of halogens is 1. The van der Waals surface area contributed by atoms with E-state index in [2.05, 4.69) is 6.07 Å². The number of anilines is 1. The number of carbonyl (C=O) groups excluding carboxylic acids is 1. The van der Waals surface area contributed by atoms with Gasteiger partial charge in [-0.05, 0) is 61.0 Å². The second-order valence-corrected chi connectivity index (χ2v) is 8.14. The van der Waals surface area contributed by atoms with E-state index in [0.29, 0.717) is 28.4 Å². The zero-order chi connectivity index (χ0) is 19.1. The summed E-state index contributed by atoms with van der Waals surface area (Å²) < 4.78 is 0. The summed E-state index contributed by atoms with van der Waals surface area (Å²) in [5, 5.41) is 12.6. The first-order valence-corrected chi connectivity index (χ1v) is 10.0. The molecule has 0 saturated heterocycles. The third kappa shape index (κ3) is 2.86. The Kier molecular flexibility index (Phi) is 4.55. The van der Waals surface area contributed by atoms with Gasteiger partial charge in [0.25, 0.3) is 0 Å². The van der Waals surface area contributed by atoms with Gasteiger partial charge in [0.05, 0.1) is 17.6 Å². The molecule has 1 atom stereocenters. The number of thiophene rings is 1. The van der Waals surface area contributed by atoms with Crippen LogP contribution in [0.1, 0.15) is 35.6 Å². The molecule has 0 amide bonds. The number of nitrogens with two attached hydrogens (primary N) is 1. The molecule has 1 aromatic heterocycles. The maximum Gasteiger partial charge on any atom is 0.161 e. The predicted octanol–water partition coefficient (Wildman–Crippen LogP) is 5.01. The highest BCUT2D eigenvalue weighted by Crippen LogP contribution is 2.48. The second-order valence-electron chi connectivity index (χ2n) is 6.76. The van der Waals surface area contributed by atoms with Crippen LogP contribution in [0.3, 0.4) is 0 Å². The van der Waals surface area contributed by atoms with Gasteiger partial charge in [-0.2, -0.15) is 5.26 Å². The van der Waals surface area contributed by atoms with E-state index in [0.717, 1.165) is 34.7 Å². The van der Waals surface area contributed by atoms with Crippen LogP contribution in [0, 0.1) is 18.3 Å². The van der Waals surface area contributed by atoms with Gasteiger partial charge < -0.3 is 5.73 Å². The Morgan fingerprint density at radius 2 is 2.00 bits per heavy atom. The normalized spacial score (nSPS) is 20.0. The van der Waals surface area contributed by atoms with Crippen molar-refractivity contribution in [2.45, 2.75) is 32.1 Å². The largest absolute Gasteiger partial charge is 0.384 e. The van der Waals surface area contributed by atoms with Gasteiger partial charge in [-0.3, -0.25) is 9.69 Å². The fraction of sp³-hybridized carbons (Fsp3) is 0.238. The fourth-order valence-electron chi connectivity index (χ4n) is 3.91. The number of rotatable bonds is 2. The van der Waals surface area contributed by atoms with Crippen LogP contribution >= 0.6 is 22.9 Å². The molecule has 2 heterocycles. The average Bonchev–Trinajstić information content (AvgIpc) is 3.08. The van der Waals surface area contributed by atoms with Crippen LogP contribution in [0.4, 0.5) is 5.69 Å². The lowest BCUT2D eigenvalue weighted by Gasteiger charge is -2.39. The lowest BCUT2D eigenvalue weighted by molar-refractivity contribution is -0.116. The molecule has 1 unspecified atom stereocenters. The number of Topliss-reactive ketones (excluding diaryl/α,β-unsaturated/α-hetero) is 1. The summed E-state index contributed by atoms with van der Waals surface area (Å²) in [5.74, 6) is 0.126. The molecular weight excluding hydrogens is 378 g/mol.